The number of benzene rings is 1. The highest BCUT2D eigenvalue weighted by Crippen LogP contribution is 2.60. The molecule has 1 aromatic carbocycles. The Hall–Kier alpha value is -4.06. The summed E-state index contributed by atoms with van der Waals surface area (Å²) in [5.41, 5.74) is 3.41. The highest BCUT2D eigenvalue weighted by molar-refractivity contribution is 5.90. The van der Waals surface area contributed by atoms with Crippen molar-refractivity contribution < 1.29 is 22.3 Å². The molecule has 41 heavy (non-hydrogen) atoms. The lowest BCUT2D eigenvalue weighted by Gasteiger charge is -2.46. The summed E-state index contributed by atoms with van der Waals surface area (Å²) in [4.78, 5) is 17.7. The molecule has 8 nitrogen and oxygen atoms in total. The fourth-order valence-electron chi connectivity index (χ4n) is 6.71. The first-order valence-corrected chi connectivity index (χ1v) is 13.4. The molecule has 0 saturated carbocycles. The van der Waals surface area contributed by atoms with Gasteiger partial charge >= 0.3 is 6.18 Å². The van der Waals surface area contributed by atoms with Crippen LogP contribution in [0.2, 0.25) is 0 Å². The van der Waals surface area contributed by atoms with E-state index in [-0.39, 0.29) is 5.95 Å². The number of ether oxygens (including phenoxy) is 1. The average molecular weight is 566 g/mol. The zero-order valence-electron chi connectivity index (χ0n) is 22.9. The molecule has 0 amide bonds. The quantitative estimate of drug-likeness (QED) is 0.335. The van der Waals surface area contributed by atoms with Crippen LogP contribution < -0.4 is 4.90 Å². The summed E-state index contributed by atoms with van der Waals surface area (Å²) >= 11 is 0. The molecule has 12 heteroatoms. The van der Waals surface area contributed by atoms with Gasteiger partial charge < -0.3 is 14.6 Å². The molecule has 1 N–H and O–H groups in total. The molecule has 4 aromatic rings. The minimum absolute atomic E-state index is 0.194. The van der Waals surface area contributed by atoms with Crippen LogP contribution in [-0.2, 0) is 41.3 Å². The lowest BCUT2D eigenvalue weighted by molar-refractivity contribution is -0.138. The Morgan fingerprint density at radius 2 is 1.88 bits per heavy atom. The summed E-state index contributed by atoms with van der Waals surface area (Å²) in [5.74, 6) is -0.226. The van der Waals surface area contributed by atoms with E-state index in [0.717, 1.165) is 46.2 Å². The monoisotopic (exact) mass is 565 g/mol. The minimum atomic E-state index is -4.52. The highest BCUT2D eigenvalue weighted by atomic mass is 19.4. The molecule has 2 aliphatic heterocycles. The predicted molar refractivity (Wildman–Crippen MR) is 142 cm³/mol. The highest BCUT2D eigenvalue weighted by Gasteiger charge is 2.57. The predicted octanol–water partition coefficient (Wildman–Crippen LogP) is 5.40. The topological polar surface area (TPSA) is 84.8 Å². The van der Waals surface area contributed by atoms with Gasteiger partial charge in [-0.2, -0.15) is 18.3 Å². The zero-order valence-corrected chi connectivity index (χ0v) is 22.9. The number of aryl methyl sites for hydroxylation is 1. The van der Waals surface area contributed by atoms with Gasteiger partial charge in [-0.15, -0.1) is 0 Å². The molecule has 0 saturated heterocycles. The molecule has 0 fully saturated rings. The SMILES string of the molecule is CCc1cccc2c1-n1nc3c(c1C1(C)C2=C(F)C(C)(OC)c2nc[nH]c21)CN(c1ncc(C(F)(F)F)cn1)CC3. The van der Waals surface area contributed by atoms with Crippen molar-refractivity contribution in [2.75, 3.05) is 18.6 Å². The second kappa shape index (κ2) is 8.48. The van der Waals surface area contributed by atoms with Crippen molar-refractivity contribution in [1.82, 2.24) is 29.7 Å². The third kappa shape index (κ3) is 3.30. The number of nitrogens with one attached hydrogen (secondary N) is 1. The van der Waals surface area contributed by atoms with Gasteiger partial charge in [-0.05, 0) is 25.8 Å². The maximum atomic E-state index is 16.9. The number of hydrogen-bond donors (Lipinski definition) is 1. The standard InChI is InChI=1S/C29H27F4N7O/c1-5-15-7-6-8-17-20-22(30)28(3,41-4)24-23(36-14-37-24)27(20,2)25-18-13-39(10-9-19(18)38-40(25)21(15)17)26-34-11-16(12-35-26)29(31,32)33/h6-8,11-12,14H,5,9-10,13H2,1-4H3,(H,36,37). The number of para-hydroxylation sites is 1. The fraction of sp³-hybridized carbons (Fsp3) is 0.379. The van der Waals surface area contributed by atoms with Crippen LogP contribution >= 0.6 is 0 Å². The maximum absolute atomic E-state index is 16.9. The third-order valence-electron chi connectivity index (χ3n) is 8.88. The number of rotatable bonds is 3. The number of aromatic nitrogens is 6. The van der Waals surface area contributed by atoms with Crippen LogP contribution in [0.5, 0.6) is 0 Å². The van der Waals surface area contributed by atoms with E-state index in [1.165, 1.54) is 7.11 Å². The number of fused-ring (bicyclic) bond motifs is 10. The summed E-state index contributed by atoms with van der Waals surface area (Å²) in [6.45, 7) is 6.48. The lowest BCUT2D eigenvalue weighted by atomic mass is 9.63. The molecule has 1 aliphatic carbocycles. The number of anilines is 1. The van der Waals surface area contributed by atoms with Gasteiger partial charge in [-0.3, -0.25) is 0 Å². The van der Waals surface area contributed by atoms with Gasteiger partial charge in [0, 0.05) is 55.7 Å². The van der Waals surface area contributed by atoms with Gasteiger partial charge in [-0.1, -0.05) is 25.1 Å². The van der Waals surface area contributed by atoms with Crippen molar-refractivity contribution in [3.05, 3.63) is 87.8 Å². The van der Waals surface area contributed by atoms with E-state index in [2.05, 4.69) is 19.9 Å². The molecule has 0 spiro atoms. The molecule has 0 bridgehead atoms. The zero-order chi connectivity index (χ0) is 28.9. The van der Waals surface area contributed by atoms with E-state index in [1.54, 1.807) is 13.3 Å². The van der Waals surface area contributed by atoms with Gasteiger partial charge in [-0.25, -0.2) is 24.0 Å². The first kappa shape index (κ1) is 25.9. The Morgan fingerprint density at radius 1 is 1.12 bits per heavy atom. The molecule has 212 valence electrons. The molecule has 3 aliphatic rings. The van der Waals surface area contributed by atoms with Crippen molar-refractivity contribution in [2.45, 2.75) is 57.3 Å². The molecule has 2 unspecified atom stereocenters. The number of methoxy groups -OCH3 is 1. The summed E-state index contributed by atoms with van der Waals surface area (Å²) in [5, 5.41) is 5.08. The van der Waals surface area contributed by atoms with Gasteiger partial charge in [0.2, 0.25) is 5.95 Å². The van der Waals surface area contributed by atoms with Gasteiger partial charge in [0.15, 0.2) is 5.60 Å². The number of nitrogens with zero attached hydrogens (tertiary/aromatic N) is 6. The van der Waals surface area contributed by atoms with Crippen LogP contribution in [0.1, 0.15) is 65.8 Å². The smallest absolute Gasteiger partial charge is 0.365 e. The average Bonchev–Trinajstić information content (AvgIpc) is 3.62. The van der Waals surface area contributed by atoms with Crippen molar-refractivity contribution >= 4 is 11.5 Å². The number of halogens is 4. The number of aromatic amines is 1. The number of imidazole rings is 1. The van der Waals surface area contributed by atoms with Crippen molar-refractivity contribution in [3.8, 4) is 5.69 Å². The number of hydrogen-bond acceptors (Lipinski definition) is 6. The van der Waals surface area contributed by atoms with Crippen LogP contribution in [0.3, 0.4) is 0 Å². The lowest BCUT2D eigenvalue weighted by Crippen LogP contribution is -2.44. The minimum Gasteiger partial charge on any atom is -0.365 e. The van der Waals surface area contributed by atoms with Gasteiger partial charge in [0.25, 0.3) is 0 Å². The molecule has 0 radical (unpaired) electrons. The van der Waals surface area contributed by atoms with Crippen molar-refractivity contribution in [2.24, 2.45) is 0 Å². The number of H-pyrrole nitrogens is 1. The molecule has 2 atom stereocenters. The van der Waals surface area contributed by atoms with E-state index in [1.807, 2.05) is 41.6 Å². The summed E-state index contributed by atoms with van der Waals surface area (Å²) in [6.07, 6.45) is -0.138. The Kier molecular flexibility index (Phi) is 5.35. The van der Waals surface area contributed by atoms with Crippen LogP contribution in [0.15, 0.2) is 42.7 Å². The van der Waals surface area contributed by atoms with Gasteiger partial charge in [0.1, 0.15) is 11.5 Å². The molecular formula is C29H27F4N7O. The van der Waals surface area contributed by atoms with E-state index >= 15 is 4.39 Å². The third-order valence-corrected chi connectivity index (χ3v) is 8.88. The van der Waals surface area contributed by atoms with Crippen molar-refractivity contribution in [1.29, 1.82) is 0 Å². The van der Waals surface area contributed by atoms with Crippen LogP contribution in [0.25, 0.3) is 11.3 Å². The summed E-state index contributed by atoms with van der Waals surface area (Å²) in [7, 11) is 1.47. The largest absolute Gasteiger partial charge is 0.419 e. The van der Waals surface area contributed by atoms with E-state index < -0.39 is 28.6 Å². The van der Waals surface area contributed by atoms with E-state index in [0.29, 0.717) is 42.9 Å². The Morgan fingerprint density at radius 3 is 2.56 bits per heavy atom. The van der Waals surface area contributed by atoms with Gasteiger partial charge in [0.05, 0.1) is 40.1 Å². The van der Waals surface area contributed by atoms with E-state index in [4.69, 9.17) is 9.84 Å². The fourth-order valence-corrected chi connectivity index (χ4v) is 6.71. The maximum Gasteiger partial charge on any atom is 0.419 e. The number of allylic oxidation sites excluding steroid dienone is 1. The van der Waals surface area contributed by atoms with Crippen LogP contribution in [0, 0.1) is 0 Å². The first-order chi connectivity index (χ1) is 19.5. The van der Waals surface area contributed by atoms with Crippen LogP contribution in [-0.4, -0.2) is 43.4 Å². The first-order valence-electron chi connectivity index (χ1n) is 13.4. The second-order valence-corrected chi connectivity index (χ2v) is 11.0. The van der Waals surface area contributed by atoms with Crippen LogP contribution in [0.4, 0.5) is 23.5 Å². The second-order valence-electron chi connectivity index (χ2n) is 11.0. The Labute approximate surface area is 233 Å². The van der Waals surface area contributed by atoms with E-state index in [9.17, 15) is 13.2 Å². The summed E-state index contributed by atoms with van der Waals surface area (Å²) in [6, 6.07) is 5.88. The number of alkyl halides is 3. The normalized spacial score (nSPS) is 23.1. The van der Waals surface area contributed by atoms with Crippen molar-refractivity contribution in [3.63, 3.8) is 0 Å². The molecule has 5 heterocycles. The summed E-state index contributed by atoms with van der Waals surface area (Å²) < 4.78 is 64.1. The Bertz CT molecular complexity index is 1740. The molecule has 3 aromatic heterocycles. The Balaban J connectivity index is 1.47. The molecule has 7 rings (SSSR count). The molecular weight excluding hydrogens is 538 g/mol.